The van der Waals surface area contributed by atoms with E-state index in [1.807, 2.05) is 73.7 Å². The zero-order valence-corrected chi connectivity index (χ0v) is 16.1. The van der Waals surface area contributed by atoms with Crippen LogP contribution in [0.25, 0.3) is 22.6 Å². The number of aromatic nitrogens is 1. The van der Waals surface area contributed by atoms with Crippen LogP contribution in [0.2, 0.25) is 0 Å². The molecule has 0 unspecified atom stereocenters. The second kappa shape index (κ2) is 7.89. The largest absolute Gasteiger partial charge is 0.342 e. The number of hydrogen-bond donors (Lipinski definition) is 0. The van der Waals surface area contributed by atoms with Gasteiger partial charge in [0.2, 0.25) is 0 Å². The SMILES string of the molecule is Cc1ccc(/C(C#N)=C\c2cn(Cc3ccccc3C#N)c3ccccc23)cc1. The monoisotopic (exact) mass is 373 g/mol. The molecule has 4 aromatic rings. The minimum atomic E-state index is 0.602. The Labute approximate surface area is 170 Å². The molecule has 0 saturated heterocycles. The molecule has 0 amide bonds. The Morgan fingerprint density at radius 2 is 1.66 bits per heavy atom. The molecular formula is C26H19N3. The molecule has 4 rings (SSSR count). The number of benzene rings is 3. The number of fused-ring (bicyclic) bond motifs is 1. The third-order valence-corrected chi connectivity index (χ3v) is 5.08. The molecule has 0 bridgehead atoms. The minimum Gasteiger partial charge on any atom is -0.342 e. The first kappa shape index (κ1) is 18.3. The molecular weight excluding hydrogens is 354 g/mol. The third kappa shape index (κ3) is 3.68. The molecule has 0 aliphatic heterocycles. The number of rotatable bonds is 4. The van der Waals surface area contributed by atoms with Crippen LogP contribution >= 0.6 is 0 Å². The van der Waals surface area contributed by atoms with Crippen LogP contribution in [-0.4, -0.2) is 4.57 Å². The maximum Gasteiger partial charge on any atom is 0.0998 e. The second-order valence-electron chi connectivity index (χ2n) is 7.03. The Hall–Kier alpha value is -4.08. The molecule has 0 radical (unpaired) electrons. The summed E-state index contributed by atoms with van der Waals surface area (Å²) in [6.45, 7) is 2.64. The van der Waals surface area contributed by atoms with Crippen LogP contribution in [0.4, 0.5) is 0 Å². The van der Waals surface area contributed by atoms with Gasteiger partial charge in [-0.3, -0.25) is 0 Å². The normalized spacial score (nSPS) is 11.2. The number of nitrogens with zero attached hydrogens (tertiary/aromatic N) is 3. The highest BCUT2D eigenvalue weighted by Gasteiger charge is 2.10. The van der Waals surface area contributed by atoms with Crippen molar-refractivity contribution in [2.24, 2.45) is 0 Å². The summed E-state index contributed by atoms with van der Waals surface area (Å²) < 4.78 is 2.14. The molecule has 0 atom stereocenters. The number of aryl methyl sites for hydroxylation is 1. The zero-order valence-electron chi connectivity index (χ0n) is 16.1. The lowest BCUT2D eigenvalue weighted by Gasteiger charge is -2.07. The predicted octanol–water partition coefficient (Wildman–Crippen LogP) is 5.93. The average Bonchev–Trinajstić information content (AvgIpc) is 3.10. The number of hydrogen-bond acceptors (Lipinski definition) is 2. The molecule has 0 saturated carbocycles. The standard InChI is InChI=1S/C26H19N3/c1-19-10-12-20(13-11-19)23(16-28)14-24-18-29(26-9-5-4-8-25(24)26)17-22-7-3-2-6-21(22)15-27/h2-14,18H,17H2,1H3/b23-14-. The van der Waals surface area contributed by atoms with Gasteiger partial charge in [0.25, 0.3) is 0 Å². The van der Waals surface area contributed by atoms with Gasteiger partial charge in [-0.2, -0.15) is 10.5 Å². The molecule has 3 nitrogen and oxygen atoms in total. The number of nitriles is 2. The maximum absolute atomic E-state index is 9.73. The molecule has 138 valence electrons. The molecule has 0 fully saturated rings. The van der Waals surface area contributed by atoms with Crippen LogP contribution in [0.3, 0.4) is 0 Å². The summed E-state index contributed by atoms with van der Waals surface area (Å²) in [6.07, 6.45) is 4.00. The van der Waals surface area contributed by atoms with Gasteiger partial charge in [0.05, 0.1) is 23.3 Å². The van der Waals surface area contributed by atoms with Gasteiger partial charge in [0.1, 0.15) is 0 Å². The summed E-state index contributed by atoms with van der Waals surface area (Å²) in [5.74, 6) is 0. The van der Waals surface area contributed by atoms with Gasteiger partial charge in [-0.15, -0.1) is 0 Å². The van der Waals surface area contributed by atoms with E-state index in [0.29, 0.717) is 17.7 Å². The van der Waals surface area contributed by atoms with E-state index in [1.54, 1.807) is 0 Å². The van der Waals surface area contributed by atoms with Crippen molar-refractivity contribution in [1.29, 1.82) is 10.5 Å². The first-order valence-corrected chi connectivity index (χ1v) is 9.44. The third-order valence-electron chi connectivity index (χ3n) is 5.08. The molecule has 1 aromatic heterocycles. The van der Waals surface area contributed by atoms with Crippen molar-refractivity contribution in [2.45, 2.75) is 13.5 Å². The van der Waals surface area contributed by atoms with Crippen molar-refractivity contribution < 1.29 is 0 Å². The molecule has 0 aliphatic carbocycles. The Balaban J connectivity index is 1.81. The highest BCUT2D eigenvalue weighted by molar-refractivity contribution is 5.98. The van der Waals surface area contributed by atoms with Gasteiger partial charge >= 0.3 is 0 Å². The fourth-order valence-electron chi connectivity index (χ4n) is 3.54. The second-order valence-corrected chi connectivity index (χ2v) is 7.03. The van der Waals surface area contributed by atoms with E-state index in [4.69, 9.17) is 0 Å². The lowest BCUT2D eigenvalue weighted by atomic mass is 10.0. The molecule has 1 heterocycles. The van der Waals surface area contributed by atoms with Gasteiger partial charge in [-0.05, 0) is 36.3 Å². The molecule has 3 heteroatoms. The van der Waals surface area contributed by atoms with Crippen LogP contribution in [0, 0.1) is 29.6 Å². The summed E-state index contributed by atoms with van der Waals surface area (Å²) in [5, 5.41) is 20.2. The number of allylic oxidation sites excluding steroid dienone is 1. The summed E-state index contributed by atoms with van der Waals surface area (Å²) >= 11 is 0. The van der Waals surface area contributed by atoms with E-state index in [-0.39, 0.29) is 0 Å². The fourth-order valence-corrected chi connectivity index (χ4v) is 3.54. The predicted molar refractivity (Wildman–Crippen MR) is 117 cm³/mol. The minimum absolute atomic E-state index is 0.602. The van der Waals surface area contributed by atoms with Gasteiger partial charge in [0, 0.05) is 29.2 Å². The van der Waals surface area contributed by atoms with Crippen molar-refractivity contribution >= 4 is 22.6 Å². The van der Waals surface area contributed by atoms with Crippen molar-refractivity contribution in [3.8, 4) is 12.1 Å². The quantitative estimate of drug-likeness (QED) is 0.416. The smallest absolute Gasteiger partial charge is 0.0998 e. The first-order valence-electron chi connectivity index (χ1n) is 9.44. The Morgan fingerprint density at radius 1 is 0.931 bits per heavy atom. The van der Waals surface area contributed by atoms with Crippen LogP contribution in [0.1, 0.15) is 27.8 Å². The van der Waals surface area contributed by atoms with Crippen LogP contribution in [-0.2, 0) is 6.54 Å². The maximum atomic E-state index is 9.73. The number of para-hydroxylation sites is 1. The average molecular weight is 373 g/mol. The van der Waals surface area contributed by atoms with Gasteiger partial charge < -0.3 is 4.57 Å². The van der Waals surface area contributed by atoms with E-state index in [9.17, 15) is 10.5 Å². The lowest BCUT2D eigenvalue weighted by molar-refractivity contribution is 0.833. The molecule has 0 aliphatic rings. The van der Waals surface area contributed by atoms with Crippen molar-refractivity contribution in [3.05, 3.63) is 107 Å². The Bertz CT molecular complexity index is 1290. The van der Waals surface area contributed by atoms with E-state index in [1.165, 1.54) is 5.56 Å². The van der Waals surface area contributed by atoms with Crippen molar-refractivity contribution in [2.75, 3.05) is 0 Å². The van der Waals surface area contributed by atoms with E-state index in [2.05, 4.69) is 35.0 Å². The summed E-state index contributed by atoms with van der Waals surface area (Å²) in [4.78, 5) is 0. The zero-order chi connectivity index (χ0) is 20.2. The Kier molecular flexibility index (Phi) is 4.97. The molecule has 0 spiro atoms. The fraction of sp³-hybridized carbons (Fsp3) is 0.0769. The highest BCUT2D eigenvalue weighted by Crippen LogP contribution is 2.27. The van der Waals surface area contributed by atoms with Crippen LogP contribution in [0.15, 0.2) is 79.0 Å². The Morgan fingerprint density at radius 3 is 2.41 bits per heavy atom. The van der Waals surface area contributed by atoms with Crippen LogP contribution < -0.4 is 0 Å². The van der Waals surface area contributed by atoms with Gasteiger partial charge in [-0.25, -0.2) is 0 Å². The van der Waals surface area contributed by atoms with Crippen molar-refractivity contribution in [3.63, 3.8) is 0 Å². The van der Waals surface area contributed by atoms with Crippen LogP contribution in [0.5, 0.6) is 0 Å². The first-order chi connectivity index (χ1) is 14.2. The highest BCUT2D eigenvalue weighted by atomic mass is 15.0. The van der Waals surface area contributed by atoms with E-state index in [0.717, 1.165) is 27.6 Å². The summed E-state index contributed by atoms with van der Waals surface area (Å²) in [5.41, 5.74) is 6.43. The van der Waals surface area contributed by atoms with Crippen molar-refractivity contribution in [1.82, 2.24) is 4.57 Å². The van der Waals surface area contributed by atoms with Gasteiger partial charge in [0.15, 0.2) is 0 Å². The topological polar surface area (TPSA) is 52.5 Å². The molecule has 0 N–H and O–H groups in total. The van der Waals surface area contributed by atoms with E-state index < -0.39 is 0 Å². The van der Waals surface area contributed by atoms with Gasteiger partial charge in [-0.1, -0.05) is 66.2 Å². The molecule has 29 heavy (non-hydrogen) atoms. The lowest BCUT2D eigenvalue weighted by Crippen LogP contribution is -2.00. The summed E-state index contributed by atoms with van der Waals surface area (Å²) in [7, 11) is 0. The molecule has 3 aromatic carbocycles. The van der Waals surface area contributed by atoms with E-state index >= 15 is 0 Å². The summed E-state index contributed by atoms with van der Waals surface area (Å²) in [6, 6.07) is 28.4.